The molecule has 1 heterocycles. The average Bonchev–Trinajstić information content (AvgIpc) is 3.43. The largest absolute Gasteiger partial charge is 0.504 e. The first-order valence-electron chi connectivity index (χ1n) is 12.1. The fourth-order valence-electron chi connectivity index (χ4n) is 7.36. The highest BCUT2D eigenvalue weighted by Gasteiger charge is 2.63. The van der Waals surface area contributed by atoms with Crippen molar-refractivity contribution in [2.45, 2.75) is 57.0 Å². The fourth-order valence-corrected chi connectivity index (χ4v) is 7.63. The summed E-state index contributed by atoms with van der Waals surface area (Å²) in [5.74, 6) is 2.15. The molecule has 5 atom stereocenters. The Balaban J connectivity index is 1.32. The van der Waals surface area contributed by atoms with E-state index < -0.39 is 5.60 Å². The Morgan fingerprint density at radius 3 is 2.68 bits per heavy atom. The highest BCUT2D eigenvalue weighted by Crippen LogP contribution is 2.67. The molecule has 0 unspecified atom stereocenters. The lowest BCUT2D eigenvalue weighted by molar-refractivity contribution is -0.111. The van der Waals surface area contributed by atoms with Crippen LogP contribution in [0.5, 0.6) is 11.5 Å². The smallest absolute Gasteiger partial charge is 0.160 e. The number of aliphatic hydroxyl groups is 1. The standard InChI is InChI=1S/C27H30BrN3O3/c1-26-11-9-19-20(8-3-16-13-23(32)24(34-2)14-21(16)19)22(26)10-12-27(26,33)25-15-31(30-29-25)18-6-4-17(28)5-7-18/h4-7,13-15,19-20,22,32-33H,3,8-12H2,1-2H3/t19-,20+,22-,26-,27+/m0/s1. The van der Waals surface area contributed by atoms with Gasteiger partial charge in [-0.1, -0.05) is 28.1 Å². The molecule has 0 aliphatic heterocycles. The van der Waals surface area contributed by atoms with E-state index in [2.05, 4.69) is 39.2 Å². The summed E-state index contributed by atoms with van der Waals surface area (Å²) < 4.78 is 8.20. The first kappa shape index (κ1) is 22.1. The molecule has 178 valence electrons. The van der Waals surface area contributed by atoms with Gasteiger partial charge in [0, 0.05) is 9.89 Å². The zero-order valence-corrected chi connectivity index (χ0v) is 21.1. The van der Waals surface area contributed by atoms with Crippen molar-refractivity contribution in [2.24, 2.45) is 17.3 Å². The van der Waals surface area contributed by atoms with E-state index in [1.165, 1.54) is 11.1 Å². The number of rotatable bonds is 3. The molecule has 0 amide bonds. The van der Waals surface area contributed by atoms with E-state index in [-0.39, 0.29) is 11.2 Å². The van der Waals surface area contributed by atoms with Gasteiger partial charge < -0.3 is 14.9 Å². The second-order valence-corrected chi connectivity index (χ2v) is 11.4. The lowest BCUT2D eigenvalue weighted by Gasteiger charge is -2.52. The van der Waals surface area contributed by atoms with Crippen molar-refractivity contribution >= 4 is 15.9 Å². The summed E-state index contributed by atoms with van der Waals surface area (Å²) >= 11 is 3.48. The minimum Gasteiger partial charge on any atom is -0.504 e. The van der Waals surface area contributed by atoms with Crippen molar-refractivity contribution in [3.05, 3.63) is 63.9 Å². The van der Waals surface area contributed by atoms with Gasteiger partial charge in [-0.25, -0.2) is 4.68 Å². The molecule has 0 spiro atoms. The van der Waals surface area contributed by atoms with Gasteiger partial charge in [0.2, 0.25) is 0 Å². The lowest BCUT2D eigenvalue weighted by atomic mass is 9.53. The van der Waals surface area contributed by atoms with Crippen LogP contribution in [0.3, 0.4) is 0 Å². The molecular weight excluding hydrogens is 494 g/mol. The molecule has 0 radical (unpaired) electrons. The van der Waals surface area contributed by atoms with E-state index in [1.54, 1.807) is 11.8 Å². The molecule has 3 aliphatic carbocycles. The number of nitrogens with zero attached hydrogens (tertiary/aromatic N) is 3. The monoisotopic (exact) mass is 523 g/mol. The topological polar surface area (TPSA) is 80.4 Å². The number of aromatic hydroxyl groups is 1. The first-order valence-corrected chi connectivity index (χ1v) is 12.9. The van der Waals surface area contributed by atoms with E-state index in [1.807, 2.05) is 36.5 Å². The van der Waals surface area contributed by atoms with Gasteiger partial charge in [-0.05, 0) is 104 Å². The molecular formula is C27H30BrN3O3. The normalized spacial score (nSPS) is 32.1. The van der Waals surface area contributed by atoms with Crippen LogP contribution < -0.4 is 4.74 Å². The van der Waals surface area contributed by atoms with Gasteiger partial charge in [-0.15, -0.1) is 5.10 Å². The quantitative estimate of drug-likeness (QED) is 0.474. The van der Waals surface area contributed by atoms with Gasteiger partial charge in [0.1, 0.15) is 11.3 Å². The number of phenolic OH excluding ortho intramolecular Hbond substituents is 1. The average molecular weight is 524 g/mol. The number of halogens is 1. The second-order valence-electron chi connectivity index (χ2n) is 10.5. The molecule has 2 N–H and O–H groups in total. The van der Waals surface area contributed by atoms with Crippen LogP contribution in [-0.2, 0) is 12.0 Å². The Bertz CT molecular complexity index is 1240. The summed E-state index contributed by atoms with van der Waals surface area (Å²) in [6.45, 7) is 2.27. The number of aryl methyl sites for hydroxylation is 1. The Morgan fingerprint density at radius 2 is 1.91 bits per heavy atom. The third-order valence-corrected chi connectivity index (χ3v) is 9.71. The van der Waals surface area contributed by atoms with Crippen LogP contribution in [0.1, 0.15) is 61.8 Å². The summed E-state index contributed by atoms with van der Waals surface area (Å²) in [5.41, 5.74) is 2.95. The molecule has 2 fully saturated rings. The number of hydrogen-bond donors (Lipinski definition) is 2. The predicted molar refractivity (Wildman–Crippen MR) is 132 cm³/mol. The summed E-state index contributed by atoms with van der Waals surface area (Å²) in [7, 11) is 1.61. The van der Waals surface area contributed by atoms with E-state index >= 15 is 0 Å². The molecule has 1 aromatic heterocycles. The Hall–Kier alpha value is -2.38. The molecule has 6 nitrogen and oxygen atoms in total. The minimum atomic E-state index is -0.983. The summed E-state index contributed by atoms with van der Waals surface area (Å²) in [5, 5.41) is 31.3. The molecule has 7 heteroatoms. The maximum Gasteiger partial charge on any atom is 0.160 e. The molecule has 3 aromatic rings. The summed E-state index contributed by atoms with van der Waals surface area (Å²) in [6, 6.07) is 11.9. The lowest BCUT2D eigenvalue weighted by Crippen LogP contribution is -2.49. The maximum absolute atomic E-state index is 12.1. The molecule has 0 saturated heterocycles. The third-order valence-electron chi connectivity index (χ3n) is 9.18. The van der Waals surface area contributed by atoms with E-state index in [4.69, 9.17) is 4.74 Å². The molecule has 3 aliphatic rings. The summed E-state index contributed by atoms with van der Waals surface area (Å²) in [6.07, 6.45) is 7.60. The van der Waals surface area contributed by atoms with Crippen molar-refractivity contribution < 1.29 is 14.9 Å². The number of phenols is 1. The third kappa shape index (κ3) is 3.09. The van der Waals surface area contributed by atoms with Crippen molar-refractivity contribution in [1.82, 2.24) is 15.0 Å². The summed E-state index contributed by atoms with van der Waals surface area (Å²) in [4.78, 5) is 0. The van der Waals surface area contributed by atoms with Gasteiger partial charge in [0.25, 0.3) is 0 Å². The van der Waals surface area contributed by atoms with Crippen LogP contribution >= 0.6 is 15.9 Å². The fraction of sp³-hybridized carbons (Fsp3) is 0.481. The zero-order valence-electron chi connectivity index (χ0n) is 19.5. The predicted octanol–water partition coefficient (Wildman–Crippen LogP) is 5.49. The molecule has 34 heavy (non-hydrogen) atoms. The number of ether oxygens (including phenoxy) is 1. The van der Waals surface area contributed by atoms with E-state index in [0.29, 0.717) is 35.6 Å². The van der Waals surface area contributed by atoms with Crippen LogP contribution in [0.2, 0.25) is 0 Å². The van der Waals surface area contributed by atoms with Crippen LogP contribution in [-0.4, -0.2) is 32.3 Å². The van der Waals surface area contributed by atoms with Gasteiger partial charge in [0.05, 0.1) is 19.0 Å². The molecule has 2 saturated carbocycles. The SMILES string of the molecule is COc1cc2c(cc1O)CC[C@@H]1[C@@H]2CC[C@@]2(C)[C@H]1CC[C@@]2(O)c1cn(-c2ccc(Br)cc2)nn1. The molecule has 6 rings (SSSR count). The molecule has 2 aromatic carbocycles. The highest BCUT2D eigenvalue weighted by molar-refractivity contribution is 9.10. The Kier molecular flexibility index (Phi) is 5.08. The Morgan fingerprint density at radius 1 is 1.12 bits per heavy atom. The van der Waals surface area contributed by atoms with Crippen molar-refractivity contribution in [2.75, 3.05) is 7.11 Å². The highest BCUT2D eigenvalue weighted by atomic mass is 79.9. The van der Waals surface area contributed by atoms with Crippen LogP contribution in [0.25, 0.3) is 5.69 Å². The number of benzene rings is 2. The number of methoxy groups -OCH3 is 1. The van der Waals surface area contributed by atoms with Crippen molar-refractivity contribution in [3.63, 3.8) is 0 Å². The van der Waals surface area contributed by atoms with Crippen molar-refractivity contribution in [1.29, 1.82) is 0 Å². The maximum atomic E-state index is 12.1. The van der Waals surface area contributed by atoms with E-state index in [0.717, 1.165) is 42.3 Å². The minimum absolute atomic E-state index is 0.226. The number of fused-ring (bicyclic) bond motifs is 5. The zero-order chi connectivity index (χ0) is 23.7. The van der Waals surface area contributed by atoms with Crippen molar-refractivity contribution in [3.8, 4) is 17.2 Å². The van der Waals surface area contributed by atoms with Crippen LogP contribution in [0.4, 0.5) is 0 Å². The van der Waals surface area contributed by atoms with Gasteiger partial charge in [0.15, 0.2) is 11.5 Å². The second kappa shape index (κ2) is 7.82. The van der Waals surface area contributed by atoms with Crippen LogP contribution in [0, 0.1) is 17.3 Å². The Labute approximate surface area is 208 Å². The number of hydrogen-bond acceptors (Lipinski definition) is 5. The van der Waals surface area contributed by atoms with Gasteiger partial charge in [-0.2, -0.15) is 0 Å². The van der Waals surface area contributed by atoms with Crippen LogP contribution in [0.15, 0.2) is 47.1 Å². The van der Waals surface area contributed by atoms with E-state index in [9.17, 15) is 10.2 Å². The number of aromatic nitrogens is 3. The van der Waals surface area contributed by atoms with Gasteiger partial charge in [-0.3, -0.25) is 0 Å². The first-order chi connectivity index (χ1) is 16.3. The van der Waals surface area contributed by atoms with Gasteiger partial charge >= 0.3 is 0 Å². The molecule has 0 bridgehead atoms.